The largest absolute Gasteiger partial charge is 0.508 e. The summed E-state index contributed by atoms with van der Waals surface area (Å²) in [5.41, 5.74) is 6.47. The van der Waals surface area contributed by atoms with Crippen LogP contribution >= 0.6 is 0 Å². The molecule has 0 aliphatic carbocycles. The lowest BCUT2D eigenvalue weighted by molar-refractivity contribution is 0.277. The summed E-state index contributed by atoms with van der Waals surface area (Å²) in [5.74, 6) is 0.589. The van der Waals surface area contributed by atoms with E-state index in [1.807, 2.05) is 27.7 Å². The van der Waals surface area contributed by atoms with Gasteiger partial charge in [-0.3, -0.25) is 0 Å². The second-order valence-electron chi connectivity index (χ2n) is 5.32. The van der Waals surface area contributed by atoms with E-state index in [0.717, 1.165) is 33.4 Å². The Labute approximate surface area is 126 Å². The lowest BCUT2D eigenvalue weighted by atomic mass is 9.89. The summed E-state index contributed by atoms with van der Waals surface area (Å²) in [7, 11) is 3.25. The van der Waals surface area contributed by atoms with Gasteiger partial charge < -0.3 is 14.9 Å². The van der Waals surface area contributed by atoms with E-state index in [9.17, 15) is 10.2 Å². The van der Waals surface area contributed by atoms with Crippen molar-refractivity contribution in [3.8, 4) is 22.6 Å². The second-order valence-corrected chi connectivity index (χ2v) is 5.32. The fraction of sp³-hybridized carbons (Fsp3) is 0.333. The third-order valence-electron chi connectivity index (χ3n) is 3.28. The molecule has 0 bridgehead atoms. The highest BCUT2D eigenvalue weighted by molar-refractivity contribution is 5.77. The Balaban J connectivity index is 0.000000677. The van der Waals surface area contributed by atoms with Gasteiger partial charge in [-0.2, -0.15) is 0 Å². The Kier molecular flexibility index (Phi) is 5.79. The number of phenols is 2. The molecule has 0 unspecified atom stereocenters. The van der Waals surface area contributed by atoms with E-state index in [0.29, 0.717) is 11.5 Å². The first-order valence-corrected chi connectivity index (χ1v) is 6.82. The number of rotatable bonds is 1. The van der Waals surface area contributed by atoms with Crippen LogP contribution in [0.4, 0.5) is 0 Å². The number of benzene rings is 2. The van der Waals surface area contributed by atoms with Crippen LogP contribution in [0.1, 0.15) is 22.3 Å². The number of hydrogen-bond donors (Lipinski definition) is 2. The Morgan fingerprint density at radius 1 is 0.619 bits per heavy atom. The fourth-order valence-electron chi connectivity index (χ4n) is 2.67. The van der Waals surface area contributed by atoms with Gasteiger partial charge in [-0.1, -0.05) is 0 Å². The molecule has 0 fully saturated rings. The van der Waals surface area contributed by atoms with Crippen LogP contribution in [0.25, 0.3) is 11.1 Å². The molecule has 0 aliphatic heterocycles. The Morgan fingerprint density at radius 2 is 0.810 bits per heavy atom. The van der Waals surface area contributed by atoms with Crippen LogP contribution in [0.3, 0.4) is 0 Å². The van der Waals surface area contributed by atoms with E-state index < -0.39 is 0 Å². The molecule has 0 atom stereocenters. The van der Waals surface area contributed by atoms with Crippen LogP contribution in [-0.4, -0.2) is 24.4 Å². The molecule has 0 aliphatic rings. The molecule has 2 rings (SSSR count). The molecule has 2 aromatic carbocycles. The van der Waals surface area contributed by atoms with Crippen molar-refractivity contribution in [3.63, 3.8) is 0 Å². The average molecular weight is 288 g/mol. The van der Waals surface area contributed by atoms with Gasteiger partial charge in [0.15, 0.2) is 0 Å². The molecule has 3 nitrogen and oxygen atoms in total. The maximum Gasteiger partial charge on any atom is 0.116 e. The number of aromatic hydroxyl groups is 2. The van der Waals surface area contributed by atoms with Crippen molar-refractivity contribution in [2.45, 2.75) is 27.7 Å². The van der Waals surface area contributed by atoms with E-state index in [2.05, 4.69) is 4.74 Å². The molecular weight excluding hydrogens is 264 g/mol. The molecule has 0 saturated carbocycles. The predicted octanol–water partition coefficient (Wildman–Crippen LogP) is 4.26. The van der Waals surface area contributed by atoms with Crippen LogP contribution in [0.15, 0.2) is 24.3 Å². The third-order valence-corrected chi connectivity index (χ3v) is 3.28. The standard InChI is InChI=1S/C16H18O2.C2H6O/c1-9-5-13(17)6-10(2)15(9)16-11(3)7-14(18)8-12(16)4;1-3-2/h5-8,17-18H,1-4H3;1-2H3. The third kappa shape index (κ3) is 3.99. The zero-order chi connectivity index (χ0) is 16.2. The van der Waals surface area contributed by atoms with Crippen molar-refractivity contribution in [2.24, 2.45) is 0 Å². The van der Waals surface area contributed by atoms with Crippen molar-refractivity contribution < 1.29 is 14.9 Å². The van der Waals surface area contributed by atoms with Crippen molar-refractivity contribution in [3.05, 3.63) is 46.5 Å². The van der Waals surface area contributed by atoms with E-state index in [1.165, 1.54) is 0 Å². The van der Waals surface area contributed by atoms with Crippen LogP contribution in [0, 0.1) is 27.7 Å². The van der Waals surface area contributed by atoms with Gasteiger partial charge in [-0.25, -0.2) is 0 Å². The molecule has 0 amide bonds. The minimum absolute atomic E-state index is 0.294. The molecule has 0 heterocycles. The maximum atomic E-state index is 9.61. The zero-order valence-corrected chi connectivity index (χ0v) is 13.6. The molecular formula is C18H24O3. The van der Waals surface area contributed by atoms with Crippen molar-refractivity contribution in [2.75, 3.05) is 14.2 Å². The van der Waals surface area contributed by atoms with E-state index in [1.54, 1.807) is 38.5 Å². The summed E-state index contributed by atoms with van der Waals surface area (Å²) in [6.07, 6.45) is 0. The highest BCUT2D eigenvalue weighted by atomic mass is 16.4. The number of hydrogen-bond acceptors (Lipinski definition) is 3. The quantitative estimate of drug-likeness (QED) is 0.824. The lowest BCUT2D eigenvalue weighted by Gasteiger charge is -2.16. The first-order chi connectivity index (χ1) is 9.81. The summed E-state index contributed by atoms with van der Waals surface area (Å²) in [4.78, 5) is 0. The Morgan fingerprint density at radius 3 is 1.00 bits per heavy atom. The first kappa shape index (κ1) is 17.1. The SMILES string of the molecule is COC.Cc1cc(O)cc(C)c1-c1c(C)cc(O)cc1C. The molecule has 114 valence electrons. The van der Waals surface area contributed by atoms with Gasteiger partial charge in [0.2, 0.25) is 0 Å². The summed E-state index contributed by atoms with van der Waals surface area (Å²) in [6.45, 7) is 7.98. The van der Waals surface area contributed by atoms with Gasteiger partial charge in [0, 0.05) is 14.2 Å². The minimum atomic E-state index is 0.294. The molecule has 0 aromatic heterocycles. The number of methoxy groups -OCH3 is 1. The van der Waals surface area contributed by atoms with Crippen molar-refractivity contribution in [1.29, 1.82) is 0 Å². The summed E-state index contributed by atoms with van der Waals surface area (Å²) >= 11 is 0. The van der Waals surface area contributed by atoms with Gasteiger partial charge in [-0.15, -0.1) is 0 Å². The maximum absolute atomic E-state index is 9.61. The first-order valence-electron chi connectivity index (χ1n) is 6.82. The van der Waals surface area contributed by atoms with Gasteiger partial charge in [0.25, 0.3) is 0 Å². The van der Waals surface area contributed by atoms with Crippen molar-refractivity contribution in [1.82, 2.24) is 0 Å². The predicted molar refractivity (Wildman–Crippen MR) is 87.1 cm³/mol. The highest BCUT2D eigenvalue weighted by Crippen LogP contribution is 2.36. The van der Waals surface area contributed by atoms with E-state index >= 15 is 0 Å². The molecule has 0 spiro atoms. The van der Waals surface area contributed by atoms with Crippen LogP contribution < -0.4 is 0 Å². The van der Waals surface area contributed by atoms with Crippen LogP contribution in [-0.2, 0) is 4.74 Å². The second kappa shape index (κ2) is 7.14. The van der Waals surface area contributed by atoms with E-state index in [4.69, 9.17) is 0 Å². The molecule has 0 radical (unpaired) electrons. The Bertz CT molecular complexity index is 529. The smallest absolute Gasteiger partial charge is 0.116 e. The number of phenolic OH excluding ortho intramolecular Hbond substituents is 2. The normalized spacial score (nSPS) is 10.0. The summed E-state index contributed by atoms with van der Waals surface area (Å²) < 4.78 is 4.25. The molecule has 2 aromatic rings. The number of ether oxygens (including phenoxy) is 1. The van der Waals surface area contributed by atoms with Gasteiger partial charge in [-0.05, 0) is 85.3 Å². The minimum Gasteiger partial charge on any atom is -0.508 e. The number of aryl methyl sites for hydroxylation is 4. The summed E-state index contributed by atoms with van der Waals surface area (Å²) in [5, 5.41) is 19.2. The fourth-order valence-corrected chi connectivity index (χ4v) is 2.67. The van der Waals surface area contributed by atoms with Gasteiger partial charge in [0.1, 0.15) is 11.5 Å². The molecule has 2 N–H and O–H groups in total. The molecule has 3 heteroatoms. The Hall–Kier alpha value is -2.00. The topological polar surface area (TPSA) is 49.7 Å². The van der Waals surface area contributed by atoms with Gasteiger partial charge in [0.05, 0.1) is 0 Å². The van der Waals surface area contributed by atoms with Gasteiger partial charge >= 0.3 is 0 Å². The monoisotopic (exact) mass is 288 g/mol. The van der Waals surface area contributed by atoms with Crippen LogP contribution in [0.2, 0.25) is 0 Å². The van der Waals surface area contributed by atoms with Crippen molar-refractivity contribution >= 4 is 0 Å². The molecule has 21 heavy (non-hydrogen) atoms. The molecule has 0 saturated heterocycles. The van der Waals surface area contributed by atoms with Crippen LogP contribution in [0.5, 0.6) is 11.5 Å². The average Bonchev–Trinajstić information content (AvgIpc) is 2.32. The van der Waals surface area contributed by atoms with E-state index in [-0.39, 0.29) is 0 Å². The summed E-state index contributed by atoms with van der Waals surface area (Å²) in [6, 6.07) is 7.09. The highest BCUT2D eigenvalue weighted by Gasteiger charge is 2.13. The zero-order valence-electron chi connectivity index (χ0n) is 13.6. The lowest BCUT2D eigenvalue weighted by Crippen LogP contribution is -1.94.